The number of Topliss-reactive ketones (excluding diaryl/α,β-unsaturated/α-hetero) is 1. The van der Waals surface area contributed by atoms with Crippen LogP contribution in [0.3, 0.4) is 0 Å². The van der Waals surface area contributed by atoms with Gasteiger partial charge in [-0.25, -0.2) is 9.59 Å². The minimum atomic E-state index is -0.840. The maximum Gasteiger partial charge on any atom is 0.344 e. The summed E-state index contributed by atoms with van der Waals surface area (Å²) in [6.45, 7) is 3.70. The maximum atomic E-state index is 12.2. The SMILES string of the molecule is CCOC(=O)c1c(NC(=O)COC(=O)c2ccc(Cl)cc2Cl)oc(C)c1C(C)=O. The van der Waals surface area contributed by atoms with Gasteiger partial charge in [0.2, 0.25) is 5.88 Å². The van der Waals surface area contributed by atoms with E-state index >= 15 is 0 Å². The highest BCUT2D eigenvalue weighted by Gasteiger charge is 2.29. The normalized spacial score (nSPS) is 10.4. The molecule has 154 valence electrons. The van der Waals surface area contributed by atoms with Crippen molar-refractivity contribution in [2.24, 2.45) is 0 Å². The van der Waals surface area contributed by atoms with Gasteiger partial charge in [-0.1, -0.05) is 23.2 Å². The molecular weight excluding hydrogens is 425 g/mol. The zero-order chi connectivity index (χ0) is 21.7. The van der Waals surface area contributed by atoms with Crippen LogP contribution in [0.5, 0.6) is 0 Å². The molecule has 1 aromatic heterocycles. The number of ether oxygens (including phenoxy) is 2. The first-order chi connectivity index (χ1) is 13.6. The van der Waals surface area contributed by atoms with E-state index in [0.717, 1.165) is 0 Å². The summed E-state index contributed by atoms with van der Waals surface area (Å²) in [6, 6.07) is 4.17. The highest BCUT2D eigenvalue weighted by atomic mass is 35.5. The lowest BCUT2D eigenvalue weighted by atomic mass is 10.1. The van der Waals surface area contributed by atoms with Gasteiger partial charge in [-0.05, 0) is 39.0 Å². The number of nitrogens with one attached hydrogen (secondary N) is 1. The standard InChI is InChI=1S/C19H17Cl2NO7/c1-4-27-19(26)16-15(9(2)23)10(3)29-17(16)22-14(24)8-28-18(25)12-6-5-11(20)7-13(12)21/h5-7H,4,8H2,1-3H3,(H,22,24). The monoisotopic (exact) mass is 441 g/mol. The molecule has 0 bridgehead atoms. The first-order valence-corrected chi connectivity index (χ1v) is 9.14. The third kappa shape index (κ3) is 5.36. The molecule has 8 nitrogen and oxygen atoms in total. The number of rotatable bonds is 7. The van der Waals surface area contributed by atoms with Gasteiger partial charge in [-0.3, -0.25) is 14.9 Å². The molecule has 1 aromatic carbocycles. The number of ketones is 1. The fraction of sp³-hybridized carbons (Fsp3) is 0.263. The van der Waals surface area contributed by atoms with Crippen LogP contribution in [0.1, 0.15) is 50.7 Å². The van der Waals surface area contributed by atoms with E-state index in [1.165, 1.54) is 32.0 Å². The average Bonchev–Trinajstić information content (AvgIpc) is 2.96. The molecule has 0 aliphatic rings. The number of hydrogen-bond donors (Lipinski definition) is 1. The van der Waals surface area contributed by atoms with Gasteiger partial charge < -0.3 is 13.9 Å². The Hall–Kier alpha value is -2.84. The number of furan rings is 1. The predicted octanol–water partition coefficient (Wildman–Crippen LogP) is 4.07. The quantitative estimate of drug-likeness (QED) is 0.508. The van der Waals surface area contributed by atoms with Crippen molar-refractivity contribution in [1.29, 1.82) is 0 Å². The van der Waals surface area contributed by atoms with E-state index in [1.54, 1.807) is 6.92 Å². The minimum absolute atomic E-state index is 0.00342. The molecule has 10 heteroatoms. The lowest BCUT2D eigenvalue weighted by Crippen LogP contribution is -2.22. The molecule has 0 saturated heterocycles. The lowest BCUT2D eigenvalue weighted by Gasteiger charge is -2.08. The van der Waals surface area contributed by atoms with Crippen molar-refractivity contribution in [1.82, 2.24) is 0 Å². The molecule has 2 rings (SSSR count). The number of hydrogen-bond acceptors (Lipinski definition) is 7. The smallest absolute Gasteiger partial charge is 0.344 e. The highest BCUT2D eigenvalue weighted by molar-refractivity contribution is 6.36. The van der Waals surface area contributed by atoms with Crippen LogP contribution in [-0.2, 0) is 14.3 Å². The summed E-state index contributed by atoms with van der Waals surface area (Å²) >= 11 is 11.7. The molecule has 0 aliphatic heterocycles. The van der Waals surface area contributed by atoms with E-state index in [2.05, 4.69) is 5.32 Å². The molecule has 0 fully saturated rings. The fourth-order valence-corrected chi connectivity index (χ4v) is 2.97. The Morgan fingerprint density at radius 2 is 1.76 bits per heavy atom. The first-order valence-electron chi connectivity index (χ1n) is 8.39. The van der Waals surface area contributed by atoms with Gasteiger partial charge in [0.05, 0.1) is 22.8 Å². The average molecular weight is 442 g/mol. The maximum absolute atomic E-state index is 12.2. The Balaban J connectivity index is 2.14. The van der Waals surface area contributed by atoms with Crippen LogP contribution in [0.4, 0.5) is 5.88 Å². The van der Waals surface area contributed by atoms with Gasteiger partial charge in [0, 0.05) is 5.02 Å². The van der Waals surface area contributed by atoms with Crippen molar-refractivity contribution in [3.8, 4) is 0 Å². The Bertz CT molecular complexity index is 981. The minimum Gasteiger partial charge on any atom is -0.462 e. The Morgan fingerprint density at radius 3 is 2.34 bits per heavy atom. The summed E-state index contributed by atoms with van der Waals surface area (Å²) in [5.41, 5.74) is -0.162. The van der Waals surface area contributed by atoms with E-state index in [0.29, 0.717) is 5.02 Å². The number of esters is 2. The molecule has 1 heterocycles. The van der Waals surface area contributed by atoms with Crippen LogP contribution in [0.2, 0.25) is 10.0 Å². The van der Waals surface area contributed by atoms with Crippen molar-refractivity contribution in [3.05, 3.63) is 50.7 Å². The molecule has 0 radical (unpaired) electrons. The van der Waals surface area contributed by atoms with Crippen LogP contribution >= 0.6 is 23.2 Å². The molecule has 0 atom stereocenters. The van der Waals surface area contributed by atoms with E-state index < -0.39 is 30.2 Å². The van der Waals surface area contributed by atoms with Gasteiger partial charge in [-0.2, -0.15) is 0 Å². The first kappa shape index (κ1) is 22.4. The predicted molar refractivity (Wildman–Crippen MR) is 105 cm³/mol. The summed E-state index contributed by atoms with van der Waals surface area (Å²) in [6.07, 6.45) is 0. The molecule has 1 amide bonds. The molecule has 2 aromatic rings. The molecule has 1 N–H and O–H groups in total. The van der Waals surface area contributed by atoms with Crippen molar-refractivity contribution in [2.45, 2.75) is 20.8 Å². The number of aryl methyl sites for hydroxylation is 1. The Labute approximate surface area is 176 Å². The van der Waals surface area contributed by atoms with E-state index in [1.807, 2.05) is 0 Å². The number of anilines is 1. The van der Waals surface area contributed by atoms with E-state index in [-0.39, 0.29) is 40.0 Å². The molecular formula is C19H17Cl2NO7. The molecule has 0 spiro atoms. The highest BCUT2D eigenvalue weighted by Crippen LogP contribution is 2.28. The van der Waals surface area contributed by atoms with Crippen molar-refractivity contribution < 1.29 is 33.1 Å². The summed E-state index contributed by atoms with van der Waals surface area (Å²) in [5, 5.41) is 2.71. The molecule has 29 heavy (non-hydrogen) atoms. The van der Waals surface area contributed by atoms with Crippen LogP contribution in [0.25, 0.3) is 0 Å². The van der Waals surface area contributed by atoms with Gasteiger partial charge in [-0.15, -0.1) is 0 Å². The zero-order valence-electron chi connectivity index (χ0n) is 15.8. The zero-order valence-corrected chi connectivity index (χ0v) is 17.3. The fourth-order valence-electron chi connectivity index (χ4n) is 2.48. The molecule has 0 aliphatic carbocycles. The van der Waals surface area contributed by atoms with Gasteiger partial charge in [0.25, 0.3) is 5.91 Å². The van der Waals surface area contributed by atoms with Gasteiger partial charge in [0.15, 0.2) is 12.4 Å². The summed E-state index contributed by atoms with van der Waals surface area (Å²) in [7, 11) is 0. The van der Waals surface area contributed by atoms with Crippen molar-refractivity contribution >= 4 is 52.7 Å². The van der Waals surface area contributed by atoms with E-state index in [9.17, 15) is 19.2 Å². The van der Waals surface area contributed by atoms with Crippen LogP contribution in [-0.4, -0.2) is 36.8 Å². The second-order valence-corrected chi connectivity index (χ2v) is 6.61. The second kappa shape index (κ2) is 9.58. The van der Waals surface area contributed by atoms with Crippen molar-refractivity contribution in [2.75, 3.05) is 18.5 Å². The van der Waals surface area contributed by atoms with E-state index in [4.69, 9.17) is 37.1 Å². The number of carbonyl (C=O) groups is 4. The van der Waals surface area contributed by atoms with Gasteiger partial charge in [0.1, 0.15) is 11.3 Å². The Morgan fingerprint density at radius 1 is 1.07 bits per heavy atom. The number of amides is 1. The Kier molecular flexibility index (Phi) is 7.41. The van der Waals surface area contributed by atoms with Crippen LogP contribution < -0.4 is 5.32 Å². The second-order valence-electron chi connectivity index (χ2n) is 5.76. The van der Waals surface area contributed by atoms with Crippen molar-refractivity contribution in [3.63, 3.8) is 0 Å². The summed E-state index contributed by atoms with van der Waals surface area (Å²) < 4.78 is 15.2. The number of benzene rings is 1. The molecule has 0 unspecified atom stereocenters. The number of halogens is 2. The molecule has 0 saturated carbocycles. The summed E-state index contributed by atoms with van der Waals surface area (Å²) in [4.78, 5) is 48.3. The third-order valence-electron chi connectivity index (χ3n) is 3.65. The largest absolute Gasteiger partial charge is 0.462 e. The lowest BCUT2D eigenvalue weighted by molar-refractivity contribution is -0.119. The topological polar surface area (TPSA) is 112 Å². The summed E-state index contributed by atoms with van der Waals surface area (Å²) in [5.74, 6) is -3.02. The number of carbonyl (C=O) groups excluding carboxylic acids is 4. The van der Waals surface area contributed by atoms with Crippen LogP contribution in [0.15, 0.2) is 22.6 Å². The van der Waals surface area contributed by atoms with Crippen LogP contribution in [0, 0.1) is 6.92 Å². The third-order valence-corrected chi connectivity index (χ3v) is 4.20. The van der Waals surface area contributed by atoms with Gasteiger partial charge >= 0.3 is 11.9 Å².